The lowest BCUT2D eigenvalue weighted by molar-refractivity contribution is 0.0784. The van der Waals surface area contributed by atoms with Gasteiger partial charge in [0.05, 0.1) is 12.2 Å². The number of hydrogen-bond acceptors (Lipinski definition) is 4. The van der Waals surface area contributed by atoms with E-state index in [4.69, 9.17) is 4.52 Å². The van der Waals surface area contributed by atoms with Crippen LogP contribution in [-0.2, 0) is 6.54 Å². The summed E-state index contributed by atoms with van der Waals surface area (Å²) in [5.41, 5.74) is 5.43. The van der Waals surface area contributed by atoms with Gasteiger partial charge in [-0.25, -0.2) is 0 Å². The van der Waals surface area contributed by atoms with Crippen LogP contribution in [0.15, 0.2) is 47.1 Å². The van der Waals surface area contributed by atoms with Crippen LogP contribution >= 0.6 is 0 Å². The zero-order valence-corrected chi connectivity index (χ0v) is 14.9. The highest BCUT2D eigenvalue weighted by atomic mass is 16.5. The third-order valence-electron chi connectivity index (χ3n) is 4.26. The molecule has 25 heavy (non-hydrogen) atoms. The van der Waals surface area contributed by atoms with Crippen LogP contribution in [0.2, 0.25) is 0 Å². The summed E-state index contributed by atoms with van der Waals surface area (Å²) < 4.78 is 5.18. The minimum atomic E-state index is -0.0346. The number of carbonyl (C=O) groups excluding carboxylic acids is 1. The molecule has 128 valence electrons. The highest BCUT2D eigenvalue weighted by molar-refractivity contribution is 5.95. The third-order valence-corrected chi connectivity index (χ3v) is 4.26. The number of amides is 1. The number of aromatic nitrogens is 2. The Bertz CT molecular complexity index is 895. The summed E-state index contributed by atoms with van der Waals surface area (Å²) in [6.45, 7) is 6.17. The van der Waals surface area contributed by atoms with Gasteiger partial charge in [-0.1, -0.05) is 17.3 Å². The maximum atomic E-state index is 12.8. The zero-order valence-electron chi connectivity index (χ0n) is 14.9. The molecule has 0 saturated carbocycles. The lowest BCUT2D eigenvalue weighted by Crippen LogP contribution is -2.26. The summed E-state index contributed by atoms with van der Waals surface area (Å²) in [5.74, 6) is 0.714. The molecule has 0 aliphatic heterocycles. The molecule has 0 fully saturated rings. The summed E-state index contributed by atoms with van der Waals surface area (Å²) in [7, 11) is 1.79. The average Bonchev–Trinajstić information content (AvgIpc) is 2.93. The Morgan fingerprint density at radius 1 is 1.12 bits per heavy atom. The normalized spacial score (nSPS) is 10.7. The van der Waals surface area contributed by atoms with Crippen molar-refractivity contribution in [2.24, 2.45) is 0 Å². The quantitative estimate of drug-likeness (QED) is 0.725. The Kier molecular flexibility index (Phi) is 4.65. The number of hydrogen-bond donors (Lipinski definition) is 0. The second-order valence-electron chi connectivity index (χ2n) is 6.23. The Morgan fingerprint density at radius 3 is 2.56 bits per heavy atom. The van der Waals surface area contributed by atoms with Crippen LogP contribution in [0.25, 0.3) is 11.1 Å². The van der Waals surface area contributed by atoms with Crippen molar-refractivity contribution in [1.82, 2.24) is 15.0 Å². The van der Waals surface area contributed by atoms with Crippen LogP contribution in [0, 0.1) is 20.8 Å². The van der Waals surface area contributed by atoms with Crippen LogP contribution in [0.5, 0.6) is 0 Å². The Hall–Kier alpha value is -2.95. The summed E-state index contributed by atoms with van der Waals surface area (Å²) in [6.07, 6.45) is 1.78. The molecule has 3 rings (SSSR count). The molecule has 2 heterocycles. The topological polar surface area (TPSA) is 59.2 Å². The second kappa shape index (κ2) is 6.89. The summed E-state index contributed by atoms with van der Waals surface area (Å²) in [4.78, 5) is 18.7. The van der Waals surface area contributed by atoms with E-state index in [0.29, 0.717) is 12.1 Å². The molecule has 0 bridgehead atoms. The molecule has 0 N–H and O–H groups in total. The fourth-order valence-electron chi connectivity index (χ4n) is 2.81. The molecule has 5 heteroatoms. The SMILES string of the molecule is Cc1cc(-c2cccc(C(=O)N(C)Cc3c(C)noc3C)c2)ccn1. The Labute approximate surface area is 147 Å². The van der Waals surface area contributed by atoms with Gasteiger partial charge in [0.25, 0.3) is 5.91 Å². The van der Waals surface area contributed by atoms with Crippen LogP contribution < -0.4 is 0 Å². The fraction of sp³-hybridized carbons (Fsp3) is 0.250. The van der Waals surface area contributed by atoms with E-state index in [1.165, 1.54) is 0 Å². The summed E-state index contributed by atoms with van der Waals surface area (Å²) in [6, 6.07) is 11.6. The number of benzene rings is 1. The van der Waals surface area contributed by atoms with Gasteiger partial charge in [0, 0.05) is 30.1 Å². The van der Waals surface area contributed by atoms with Crippen molar-refractivity contribution in [2.75, 3.05) is 7.05 Å². The predicted molar refractivity (Wildman–Crippen MR) is 96.2 cm³/mol. The van der Waals surface area contributed by atoms with E-state index in [0.717, 1.165) is 33.8 Å². The van der Waals surface area contributed by atoms with Crippen LogP contribution in [0.1, 0.15) is 33.1 Å². The molecule has 0 radical (unpaired) electrons. The molecule has 1 aromatic carbocycles. The number of pyridine rings is 1. The van der Waals surface area contributed by atoms with Crippen LogP contribution in [-0.4, -0.2) is 28.0 Å². The predicted octanol–water partition coefficient (Wildman–Crippen LogP) is 3.93. The average molecular weight is 335 g/mol. The van der Waals surface area contributed by atoms with Gasteiger partial charge in [0.2, 0.25) is 0 Å². The van der Waals surface area contributed by atoms with Gasteiger partial charge < -0.3 is 9.42 Å². The van der Waals surface area contributed by atoms with Gasteiger partial charge in [-0.3, -0.25) is 9.78 Å². The minimum Gasteiger partial charge on any atom is -0.361 e. The third kappa shape index (κ3) is 3.60. The van der Waals surface area contributed by atoms with Gasteiger partial charge in [0.15, 0.2) is 0 Å². The summed E-state index contributed by atoms with van der Waals surface area (Å²) >= 11 is 0. The first kappa shape index (κ1) is 16.9. The molecule has 0 saturated heterocycles. The van der Waals surface area contributed by atoms with E-state index in [-0.39, 0.29) is 5.91 Å². The molecule has 3 aromatic rings. The maximum Gasteiger partial charge on any atom is 0.253 e. The van der Waals surface area contributed by atoms with Crippen molar-refractivity contribution in [3.05, 3.63) is 70.9 Å². The van der Waals surface area contributed by atoms with E-state index in [1.807, 2.05) is 57.2 Å². The van der Waals surface area contributed by atoms with Crippen molar-refractivity contribution < 1.29 is 9.32 Å². The first-order valence-electron chi connectivity index (χ1n) is 8.16. The molecular formula is C20H21N3O2. The van der Waals surface area contributed by atoms with Crippen LogP contribution in [0.4, 0.5) is 0 Å². The first-order chi connectivity index (χ1) is 12.0. The van der Waals surface area contributed by atoms with Gasteiger partial charge in [-0.15, -0.1) is 0 Å². The van der Waals surface area contributed by atoms with E-state index >= 15 is 0 Å². The van der Waals surface area contributed by atoms with Gasteiger partial charge in [-0.2, -0.15) is 0 Å². The van der Waals surface area contributed by atoms with E-state index in [1.54, 1.807) is 18.1 Å². The van der Waals surface area contributed by atoms with Crippen molar-refractivity contribution >= 4 is 5.91 Å². The summed E-state index contributed by atoms with van der Waals surface area (Å²) in [5, 5.41) is 3.94. The first-order valence-corrected chi connectivity index (χ1v) is 8.16. The van der Waals surface area contributed by atoms with Gasteiger partial charge >= 0.3 is 0 Å². The highest BCUT2D eigenvalue weighted by Gasteiger charge is 2.17. The van der Waals surface area contributed by atoms with Crippen molar-refractivity contribution in [3.63, 3.8) is 0 Å². The van der Waals surface area contributed by atoms with E-state index in [2.05, 4.69) is 10.1 Å². The Morgan fingerprint density at radius 2 is 1.88 bits per heavy atom. The van der Waals surface area contributed by atoms with Gasteiger partial charge in [-0.05, 0) is 56.2 Å². The molecule has 0 unspecified atom stereocenters. The zero-order chi connectivity index (χ0) is 18.0. The maximum absolute atomic E-state index is 12.8. The minimum absolute atomic E-state index is 0.0346. The molecule has 2 aromatic heterocycles. The molecule has 0 aliphatic rings. The fourth-order valence-corrected chi connectivity index (χ4v) is 2.81. The number of carbonyl (C=O) groups is 1. The molecule has 0 atom stereocenters. The van der Waals surface area contributed by atoms with E-state index in [9.17, 15) is 4.79 Å². The Balaban J connectivity index is 1.84. The lowest BCUT2D eigenvalue weighted by atomic mass is 10.0. The van der Waals surface area contributed by atoms with Crippen molar-refractivity contribution in [2.45, 2.75) is 27.3 Å². The monoisotopic (exact) mass is 335 g/mol. The van der Waals surface area contributed by atoms with E-state index < -0.39 is 0 Å². The number of nitrogens with zero attached hydrogens (tertiary/aromatic N) is 3. The molecule has 0 spiro atoms. The molecule has 0 aliphatic carbocycles. The second-order valence-corrected chi connectivity index (χ2v) is 6.23. The largest absolute Gasteiger partial charge is 0.361 e. The molecule has 1 amide bonds. The van der Waals surface area contributed by atoms with Crippen molar-refractivity contribution in [3.8, 4) is 11.1 Å². The smallest absolute Gasteiger partial charge is 0.253 e. The standard InChI is InChI=1S/C20H21N3O2/c1-13-10-17(8-9-21-13)16-6-5-7-18(11-16)20(24)23(4)12-19-14(2)22-25-15(19)3/h5-11H,12H2,1-4H3. The lowest BCUT2D eigenvalue weighted by Gasteiger charge is -2.17. The van der Waals surface area contributed by atoms with Gasteiger partial charge in [0.1, 0.15) is 5.76 Å². The number of aryl methyl sites for hydroxylation is 3. The highest BCUT2D eigenvalue weighted by Crippen LogP contribution is 2.22. The van der Waals surface area contributed by atoms with Crippen LogP contribution in [0.3, 0.4) is 0 Å². The number of rotatable bonds is 4. The van der Waals surface area contributed by atoms with Crippen molar-refractivity contribution in [1.29, 1.82) is 0 Å². The molecular weight excluding hydrogens is 314 g/mol. The molecule has 5 nitrogen and oxygen atoms in total.